The van der Waals surface area contributed by atoms with Gasteiger partial charge >= 0.3 is 0 Å². The lowest BCUT2D eigenvalue weighted by Gasteiger charge is -2.12. The molecule has 1 aliphatic heterocycles. The van der Waals surface area contributed by atoms with E-state index in [1.807, 2.05) is 55.5 Å². The van der Waals surface area contributed by atoms with Crippen LogP contribution in [0.3, 0.4) is 0 Å². The van der Waals surface area contributed by atoms with Gasteiger partial charge in [-0.05, 0) is 30.2 Å². The summed E-state index contributed by atoms with van der Waals surface area (Å²) >= 11 is 0. The number of amides is 1. The van der Waals surface area contributed by atoms with Gasteiger partial charge in [0.05, 0.1) is 0 Å². The third kappa shape index (κ3) is 2.32. The smallest absolute Gasteiger partial charge is 0.265 e. The maximum absolute atomic E-state index is 12.2. The number of aryl methyl sites for hydroxylation is 1. The Balaban J connectivity index is 1.72. The first kappa shape index (κ1) is 11.8. The Morgan fingerprint density at radius 3 is 2.68 bits per heavy atom. The number of hydrogen-bond acceptors (Lipinski definition) is 2. The van der Waals surface area contributed by atoms with Crippen LogP contribution in [0.2, 0.25) is 0 Å². The minimum Gasteiger partial charge on any atom is -0.480 e. The van der Waals surface area contributed by atoms with Gasteiger partial charge in [-0.2, -0.15) is 0 Å². The summed E-state index contributed by atoms with van der Waals surface area (Å²) in [6.45, 7) is 1.97. The van der Waals surface area contributed by atoms with Crippen molar-refractivity contribution in [1.82, 2.24) is 0 Å². The average molecular weight is 253 g/mol. The molecule has 0 radical (unpaired) electrons. The summed E-state index contributed by atoms with van der Waals surface area (Å²) in [7, 11) is 0. The molecule has 0 aromatic heterocycles. The molecule has 0 bridgehead atoms. The zero-order chi connectivity index (χ0) is 13.2. The highest BCUT2D eigenvalue weighted by molar-refractivity contribution is 5.95. The molecule has 0 aliphatic carbocycles. The molecule has 3 rings (SSSR count). The highest BCUT2D eigenvalue weighted by atomic mass is 16.5. The predicted molar refractivity (Wildman–Crippen MR) is 74.4 cm³/mol. The number of rotatable bonds is 2. The molecule has 0 fully saturated rings. The van der Waals surface area contributed by atoms with Crippen molar-refractivity contribution in [3.63, 3.8) is 0 Å². The van der Waals surface area contributed by atoms with E-state index in [0.29, 0.717) is 6.42 Å². The van der Waals surface area contributed by atoms with Gasteiger partial charge in [0.2, 0.25) is 0 Å². The van der Waals surface area contributed by atoms with Crippen molar-refractivity contribution in [2.45, 2.75) is 19.4 Å². The Kier molecular flexibility index (Phi) is 2.95. The third-order valence-corrected chi connectivity index (χ3v) is 3.34. The number of fused-ring (bicyclic) bond motifs is 1. The molecule has 0 saturated heterocycles. The van der Waals surface area contributed by atoms with Crippen molar-refractivity contribution in [2.75, 3.05) is 5.32 Å². The minimum absolute atomic E-state index is 0.0921. The van der Waals surface area contributed by atoms with Crippen molar-refractivity contribution in [2.24, 2.45) is 0 Å². The van der Waals surface area contributed by atoms with Crippen molar-refractivity contribution < 1.29 is 9.53 Å². The Bertz CT molecular complexity index is 597. The van der Waals surface area contributed by atoms with E-state index >= 15 is 0 Å². The van der Waals surface area contributed by atoms with E-state index in [0.717, 1.165) is 22.6 Å². The SMILES string of the molecule is Cc1ccccc1NC(=O)[C@H]1Cc2ccccc2O1. The summed E-state index contributed by atoms with van der Waals surface area (Å²) in [5.41, 5.74) is 2.98. The lowest BCUT2D eigenvalue weighted by Crippen LogP contribution is -2.31. The Morgan fingerprint density at radius 2 is 1.89 bits per heavy atom. The first-order valence-corrected chi connectivity index (χ1v) is 6.35. The number of hydrogen-bond donors (Lipinski definition) is 1. The van der Waals surface area contributed by atoms with E-state index in [1.165, 1.54) is 0 Å². The molecular weight excluding hydrogens is 238 g/mol. The highest BCUT2D eigenvalue weighted by Gasteiger charge is 2.28. The lowest BCUT2D eigenvalue weighted by molar-refractivity contribution is -0.122. The number of para-hydroxylation sites is 2. The van der Waals surface area contributed by atoms with Gasteiger partial charge in [0.1, 0.15) is 5.75 Å². The van der Waals surface area contributed by atoms with Crippen LogP contribution in [-0.2, 0) is 11.2 Å². The van der Waals surface area contributed by atoms with Crippen LogP contribution >= 0.6 is 0 Å². The summed E-state index contributed by atoms with van der Waals surface area (Å²) in [4.78, 5) is 12.2. The number of carbonyl (C=O) groups is 1. The first-order valence-electron chi connectivity index (χ1n) is 6.35. The maximum atomic E-state index is 12.2. The third-order valence-electron chi connectivity index (χ3n) is 3.34. The second kappa shape index (κ2) is 4.76. The van der Waals surface area contributed by atoms with Gasteiger partial charge in [-0.1, -0.05) is 36.4 Å². The fourth-order valence-electron chi connectivity index (χ4n) is 2.25. The minimum atomic E-state index is -0.433. The molecule has 19 heavy (non-hydrogen) atoms. The molecule has 1 atom stereocenters. The Labute approximate surface area is 112 Å². The second-order valence-corrected chi connectivity index (χ2v) is 4.72. The molecule has 3 nitrogen and oxygen atoms in total. The fraction of sp³-hybridized carbons (Fsp3) is 0.188. The number of nitrogens with one attached hydrogen (secondary N) is 1. The Morgan fingerprint density at radius 1 is 1.16 bits per heavy atom. The van der Waals surface area contributed by atoms with Gasteiger partial charge < -0.3 is 10.1 Å². The Hall–Kier alpha value is -2.29. The second-order valence-electron chi connectivity index (χ2n) is 4.72. The summed E-state index contributed by atoms with van der Waals surface area (Å²) in [6.07, 6.45) is 0.199. The highest BCUT2D eigenvalue weighted by Crippen LogP contribution is 2.28. The van der Waals surface area contributed by atoms with Gasteiger partial charge in [0.25, 0.3) is 5.91 Å². The van der Waals surface area contributed by atoms with Crippen molar-refractivity contribution >= 4 is 11.6 Å². The summed E-state index contributed by atoms with van der Waals surface area (Å²) in [6, 6.07) is 15.5. The monoisotopic (exact) mass is 253 g/mol. The molecular formula is C16H15NO2. The molecule has 2 aromatic rings. The average Bonchev–Trinajstić information content (AvgIpc) is 2.85. The van der Waals surface area contributed by atoms with Crippen LogP contribution in [0.4, 0.5) is 5.69 Å². The van der Waals surface area contributed by atoms with Crippen LogP contribution in [0.5, 0.6) is 5.75 Å². The van der Waals surface area contributed by atoms with Crippen LogP contribution in [0.15, 0.2) is 48.5 Å². The van der Waals surface area contributed by atoms with Crippen LogP contribution in [0, 0.1) is 6.92 Å². The summed E-state index contributed by atoms with van der Waals surface area (Å²) in [5, 5.41) is 2.92. The molecule has 1 amide bonds. The van der Waals surface area contributed by atoms with Crippen LogP contribution in [0.1, 0.15) is 11.1 Å². The zero-order valence-electron chi connectivity index (χ0n) is 10.7. The molecule has 0 spiro atoms. The van der Waals surface area contributed by atoms with E-state index < -0.39 is 6.10 Å². The quantitative estimate of drug-likeness (QED) is 0.893. The standard InChI is InChI=1S/C16H15NO2/c1-11-6-2-4-8-13(11)17-16(18)15-10-12-7-3-5-9-14(12)19-15/h2-9,15H,10H2,1H3,(H,17,18)/t15-/m1/s1. The van der Waals surface area contributed by atoms with E-state index in [1.54, 1.807) is 0 Å². The number of carbonyl (C=O) groups excluding carboxylic acids is 1. The van der Waals surface area contributed by atoms with Gasteiger partial charge in [-0.3, -0.25) is 4.79 Å². The molecule has 0 saturated carbocycles. The molecule has 2 aromatic carbocycles. The number of benzene rings is 2. The van der Waals surface area contributed by atoms with Crippen molar-refractivity contribution in [1.29, 1.82) is 0 Å². The van der Waals surface area contributed by atoms with Gasteiger partial charge in [-0.25, -0.2) is 0 Å². The van der Waals surface area contributed by atoms with E-state index in [4.69, 9.17) is 4.74 Å². The predicted octanol–water partition coefficient (Wildman–Crippen LogP) is 2.94. The number of anilines is 1. The van der Waals surface area contributed by atoms with Crippen molar-refractivity contribution in [3.8, 4) is 5.75 Å². The normalized spacial score (nSPS) is 16.6. The molecule has 1 N–H and O–H groups in total. The van der Waals surface area contributed by atoms with E-state index in [9.17, 15) is 4.79 Å². The largest absolute Gasteiger partial charge is 0.480 e. The van der Waals surface area contributed by atoms with Gasteiger partial charge in [0, 0.05) is 12.1 Å². The molecule has 3 heteroatoms. The van der Waals surface area contributed by atoms with Crippen LogP contribution in [-0.4, -0.2) is 12.0 Å². The molecule has 0 unspecified atom stereocenters. The van der Waals surface area contributed by atoms with Crippen molar-refractivity contribution in [3.05, 3.63) is 59.7 Å². The summed E-state index contributed by atoms with van der Waals surface area (Å²) < 4.78 is 5.67. The van der Waals surface area contributed by atoms with Gasteiger partial charge in [-0.15, -0.1) is 0 Å². The lowest BCUT2D eigenvalue weighted by atomic mass is 10.1. The molecule has 1 aliphatic rings. The topological polar surface area (TPSA) is 38.3 Å². The van der Waals surface area contributed by atoms with Crippen LogP contribution in [0.25, 0.3) is 0 Å². The van der Waals surface area contributed by atoms with E-state index in [2.05, 4.69) is 5.32 Å². The molecule has 96 valence electrons. The van der Waals surface area contributed by atoms with E-state index in [-0.39, 0.29) is 5.91 Å². The number of ether oxygens (including phenoxy) is 1. The molecule has 1 heterocycles. The summed E-state index contributed by atoms with van der Waals surface area (Å²) in [5.74, 6) is 0.720. The fourth-order valence-corrected chi connectivity index (χ4v) is 2.25. The van der Waals surface area contributed by atoms with Crippen LogP contribution < -0.4 is 10.1 Å². The first-order chi connectivity index (χ1) is 9.24. The maximum Gasteiger partial charge on any atom is 0.265 e. The zero-order valence-corrected chi connectivity index (χ0v) is 10.7. The van der Waals surface area contributed by atoms with Gasteiger partial charge in [0.15, 0.2) is 6.10 Å².